The maximum absolute atomic E-state index is 12.4. The minimum Gasteiger partial charge on any atom is -0.481 e. The van der Waals surface area contributed by atoms with Gasteiger partial charge in [0, 0.05) is 11.8 Å². The number of hydrogen-bond acceptors (Lipinski definition) is 2. The molecule has 0 unspecified atom stereocenters. The van der Waals surface area contributed by atoms with Crippen LogP contribution in [0, 0.1) is 29.6 Å². The lowest BCUT2D eigenvalue weighted by molar-refractivity contribution is -0.129. The van der Waals surface area contributed by atoms with Crippen LogP contribution in [0.5, 0.6) is 5.75 Å². The van der Waals surface area contributed by atoms with Crippen LogP contribution in [-0.2, 0) is 11.2 Å². The number of ketones is 1. The Bertz CT molecular complexity index is 684. The molecule has 2 heteroatoms. The molecule has 0 spiro atoms. The smallest absolute Gasteiger partial charge is 0.148 e. The highest BCUT2D eigenvalue weighted by Gasteiger charge is 2.54. The van der Waals surface area contributed by atoms with Crippen molar-refractivity contribution in [3.8, 4) is 18.1 Å². The van der Waals surface area contributed by atoms with E-state index in [2.05, 4.69) is 31.0 Å². The Labute approximate surface area is 138 Å². The normalized spacial score (nSPS) is 35.0. The Morgan fingerprint density at radius 1 is 1.30 bits per heavy atom. The molecule has 0 amide bonds. The number of benzene rings is 1. The molecule has 3 aliphatic carbocycles. The molecule has 4 atom stereocenters. The Balaban J connectivity index is 1.62. The van der Waals surface area contributed by atoms with Gasteiger partial charge in [0.25, 0.3) is 0 Å². The maximum Gasteiger partial charge on any atom is 0.148 e. The Kier molecular flexibility index (Phi) is 3.48. The molecule has 1 aromatic carbocycles. The number of Topliss-reactive ketones (excluding diaryl/α,β-unsaturated/α-hetero) is 1. The Morgan fingerprint density at radius 3 is 3.00 bits per heavy atom. The first-order valence-electron chi connectivity index (χ1n) is 8.86. The molecule has 0 N–H and O–H groups in total. The first-order chi connectivity index (χ1) is 11.1. The summed E-state index contributed by atoms with van der Waals surface area (Å²) in [6.07, 6.45) is 11.7. The van der Waals surface area contributed by atoms with E-state index in [1.807, 2.05) is 0 Å². The van der Waals surface area contributed by atoms with Crippen molar-refractivity contribution in [3.05, 3.63) is 29.3 Å². The standard InChI is InChI=1S/C21H24O2/c1-3-12-23-15-5-7-16-14(13-15)4-6-18-17(16)10-11-21(2)19(18)8-9-20(21)22/h1,5,7,13,17-19H,4,6,8-12H2,2H3/t17-,18-,19+,21+/m1/s1. The monoisotopic (exact) mass is 308 g/mol. The van der Waals surface area contributed by atoms with E-state index in [9.17, 15) is 4.79 Å². The number of fused-ring (bicyclic) bond motifs is 5. The molecule has 23 heavy (non-hydrogen) atoms. The van der Waals surface area contributed by atoms with Crippen LogP contribution >= 0.6 is 0 Å². The van der Waals surface area contributed by atoms with Crippen molar-refractivity contribution < 1.29 is 9.53 Å². The number of terminal acetylenes is 1. The van der Waals surface area contributed by atoms with Crippen LogP contribution < -0.4 is 4.74 Å². The average Bonchev–Trinajstić information content (AvgIpc) is 2.88. The molecule has 0 heterocycles. The maximum atomic E-state index is 12.4. The molecule has 2 fully saturated rings. The van der Waals surface area contributed by atoms with Gasteiger partial charge in [-0.2, -0.15) is 0 Å². The quantitative estimate of drug-likeness (QED) is 0.768. The van der Waals surface area contributed by atoms with Crippen molar-refractivity contribution in [2.75, 3.05) is 6.61 Å². The fourth-order valence-electron chi connectivity index (χ4n) is 5.54. The van der Waals surface area contributed by atoms with Gasteiger partial charge in [-0.25, -0.2) is 0 Å². The summed E-state index contributed by atoms with van der Waals surface area (Å²) in [4.78, 5) is 12.4. The van der Waals surface area contributed by atoms with Gasteiger partial charge in [-0.05, 0) is 73.1 Å². The van der Waals surface area contributed by atoms with Crippen LogP contribution in [0.25, 0.3) is 0 Å². The van der Waals surface area contributed by atoms with Crippen LogP contribution in [0.15, 0.2) is 18.2 Å². The summed E-state index contributed by atoms with van der Waals surface area (Å²) < 4.78 is 5.58. The van der Waals surface area contributed by atoms with Gasteiger partial charge >= 0.3 is 0 Å². The molecule has 0 aliphatic heterocycles. The summed E-state index contributed by atoms with van der Waals surface area (Å²) in [5, 5.41) is 0. The van der Waals surface area contributed by atoms with Crippen LogP contribution in [0.4, 0.5) is 0 Å². The van der Waals surface area contributed by atoms with E-state index < -0.39 is 0 Å². The average molecular weight is 308 g/mol. The predicted octanol–water partition coefficient (Wildman–Crippen LogP) is 4.12. The summed E-state index contributed by atoms with van der Waals surface area (Å²) >= 11 is 0. The summed E-state index contributed by atoms with van der Waals surface area (Å²) in [5.41, 5.74) is 2.89. The van der Waals surface area contributed by atoms with E-state index in [1.54, 1.807) is 0 Å². The fraction of sp³-hybridized carbons (Fsp3) is 0.571. The van der Waals surface area contributed by atoms with Gasteiger partial charge in [0.2, 0.25) is 0 Å². The van der Waals surface area contributed by atoms with Crippen molar-refractivity contribution in [2.24, 2.45) is 17.3 Å². The molecule has 4 rings (SSSR count). The van der Waals surface area contributed by atoms with Gasteiger partial charge in [-0.15, -0.1) is 6.42 Å². The lowest BCUT2D eigenvalue weighted by Gasteiger charge is -2.48. The third-order valence-corrected chi connectivity index (χ3v) is 6.73. The van der Waals surface area contributed by atoms with E-state index in [4.69, 9.17) is 11.2 Å². The van der Waals surface area contributed by atoms with Crippen molar-refractivity contribution in [2.45, 2.75) is 51.4 Å². The molecule has 3 aliphatic rings. The van der Waals surface area contributed by atoms with E-state index in [-0.39, 0.29) is 5.41 Å². The van der Waals surface area contributed by atoms with Gasteiger partial charge in [0.15, 0.2) is 0 Å². The third-order valence-electron chi connectivity index (χ3n) is 6.73. The van der Waals surface area contributed by atoms with Gasteiger partial charge in [0.05, 0.1) is 0 Å². The number of rotatable bonds is 2. The number of aryl methyl sites for hydroxylation is 1. The first-order valence-corrected chi connectivity index (χ1v) is 8.86. The molecule has 0 saturated heterocycles. The lowest BCUT2D eigenvalue weighted by atomic mass is 9.55. The summed E-state index contributed by atoms with van der Waals surface area (Å²) in [5.74, 6) is 5.84. The number of hydrogen-bond donors (Lipinski definition) is 0. The minimum absolute atomic E-state index is 0.0332. The highest BCUT2D eigenvalue weighted by molar-refractivity contribution is 5.87. The Morgan fingerprint density at radius 2 is 2.17 bits per heavy atom. The molecule has 120 valence electrons. The predicted molar refractivity (Wildman–Crippen MR) is 90.4 cm³/mol. The molecule has 0 aromatic heterocycles. The highest BCUT2D eigenvalue weighted by Crippen LogP contribution is 2.59. The van der Waals surface area contributed by atoms with Crippen molar-refractivity contribution in [1.82, 2.24) is 0 Å². The van der Waals surface area contributed by atoms with Gasteiger partial charge < -0.3 is 4.74 Å². The zero-order chi connectivity index (χ0) is 16.0. The number of carbonyl (C=O) groups excluding carboxylic acids is 1. The zero-order valence-corrected chi connectivity index (χ0v) is 13.8. The second kappa shape index (κ2) is 5.41. The van der Waals surface area contributed by atoms with Crippen LogP contribution in [0.3, 0.4) is 0 Å². The second-order valence-corrected chi connectivity index (χ2v) is 7.69. The molecule has 0 radical (unpaired) electrons. The topological polar surface area (TPSA) is 26.3 Å². The van der Waals surface area contributed by atoms with Gasteiger partial charge in [0.1, 0.15) is 18.1 Å². The van der Waals surface area contributed by atoms with Crippen molar-refractivity contribution in [3.63, 3.8) is 0 Å². The first kappa shape index (κ1) is 14.8. The van der Waals surface area contributed by atoms with E-state index >= 15 is 0 Å². The second-order valence-electron chi connectivity index (χ2n) is 7.69. The van der Waals surface area contributed by atoms with Crippen LogP contribution in [-0.4, -0.2) is 12.4 Å². The number of carbonyl (C=O) groups is 1. The number of ether oxygens (including phenoxy) is 1. The van der Waals surface area contributed by atoms with Crippen molar-refractivity contribution >= 4 is 5.78 Å². The molecular weight excluding hydrogens is 284 g/mol. The molecule has 2 saturated carbocycles. The lowest BCUT2D eigenvalue weighted by Crippen LogP contribution is -2.42. The van der Waals surface area contributed by atoms with E-state index in [0.29, 0.717) is 30.1 Å². The molecule has 2 nitrogen and oxygen atoms in total. The molecule has 0 bridgehead atoms. The molecule has 1 aromatic rings. The van der Waals surface area contributed by atoms with Crippen LogP contribution in [0.2, 0.25) is 0 Å². The summed E-state index contributed by atoms with van der Waals surface area (Å²) in [6.45, 7) is 2.56. The fourth-order valence-corrected chi connectivity index (χ4v) is 5.54. The van der Waals surface area contributed by atoms with E-state index in [0.717, 1.165) is 37.9 Å². The molecular formula is C21H24O2. The Hall–Kier alpha value is -1.75. The third kappa shape index (κ3) is 2.21. The van der Waals surface area contributed by atoms with Crippen molar-refractivity contribution in [1.29, 1.82) is 0 Å². The summed E-state index contributed by atoms with van der Waals surface area (Å²) in [6, 6.07) is 6.49. The summed E-state index contributed by atoms with van der Waals surface area (Å²) in [7, 11) is 0. The zero-order valence-electron chi connectivity index (χ0n) is 13.8. The highest BCUT2D eigenvalue weighted by atomic mass is 16.5. The van der Waals surface area contributed by atoms with Gasteiger partial charge in [-0.3, -0.25) is 4.79 Å². The van der Waals surface area contributed by atoms with E-state index in [1.165, 1.54) is 17.5 Å². The minimum atomic E-state index is -0.0332. The SMILES string of the molecule is C#CCOc1ccc2c(c1)CC[C@@H]1[C@@H]2CC[C@]2(C)C(=O)CC[C@@H]12. The van der Waals surface area contributed by atoms with Crippen LogP contribution in [0.1, 0.15) is 56.1 Å². The van der Waals surface area contributed by atoms with Gasteiger partial charge in [-0.1, -0.05) is 18.9 Å². The largest absolute Gasteiger partial charge is 0.481 e.